The number of nitrogens with zero attached hydrogens (tertiary/aromatic N) is 6. The summed E-state index contributed by atoms with van der Waals surface area (Å²) in [5, 5.41) is 11.2. The lowest BCUT2D eigenvalue weighted by atomic mass is 9.97. The molecule has 3 atom stereocenters. The van der Waals surface area contributed by atoms with E-state index in [9.17, 15) is 19.2 Å². The van der Waals surface area contributed by atoms with Gasteiger partial charge in [-0.05, 0) is 96.8 Å². The van der Waals surface area contributed by atoms with E-state index in [4.69, 9.17) is 5.73 Å². The maximum atomic E-state index is 14.4. The van der Waals surface area contributed by atoms with Gasteiger partial charge in [0.2, 0.25) is 17.7 Å². The van der Waals surface area contributed by atoms with Gasteiger partial charge in [0.25, 0.3) is 5.91 Å². The number of nitrogens with one attached hydrogen (secondary N) is 2. The average Bonchev–Trinajstić information content (AvgIpc) is 3.48. The number of piperidine rings is 1. The van der Waals surface area contributed by atoms with E-state index in [1.165, 1.54) is 0 Å². The minimum absolute atomic E-state index is 0.0158. The standard InChI is InChI=1S/C35H38BrN9O4/c1-19-9-10-27(36)41-33(19)42-34(49)25-13-35-14-26(35)45(25)29(47)17-44-31-21(7-5-3-4-6-8-28(46)40-18-35)11-22(23-15-38-20(2)39-16-23)12-24(31)30(43-44)32(37)48/h9-12,15-16,25-26H,3-8,13-14,17-18H2,1-2H3,(H2,37,48)(H,40,46)(H,41,42,49)/t25-,26+,35-/m0/s1. The van der Waals surface area contributed by atoms with Crippen LogP contribution in [0.5, 0.6) is 0 Å². The number of carbonyl (C=O) groups is 4. The van der Waals surface area contributed by atoms with Crippen molar-refractivity contribution in [1.82, 2.24) is 34.9 Å². The van der Waals surface area contributed by atoms with Gasteiger partial charge in [-0.1, -0.05) is 18.9 Å². The highest BCUT2D eigenvalue weighted by Crippen LogP contribution is 2.59. The molecule has 3 aliphatic rings. The Balaban J connectivity index is 1.29. The van der Waals surface area contributed by atoms with Crippen molar-refractivity contribution in [3.63, 3.8) is 0 Å². The molecule has 4 amide bonds. The zero-order valence-corrected chi connectivity index (χ0v) is 29.0. The van der Waals surface area contributed by atoms with E-state index in [0.29, 0.717) is 59.4 Å². The van der Waals surface area contributed by atoms with Crippen molar-refractivity contribution in [2.24, 2.45) is 11.1 Å². The van der Waals surface area contributed by atoms with E-state index in [-0.39, 0.29) is 36.0 Å². The predicted octanol–water partition coefficient (Wildman–Crippen LogP) is 3.99. The highest BCUT2D eigenvalue weighted by atomic mass is 79.9. The topological polar surface area (TPSA) is 178 Å². The zero-order chi connectivity index (χ0) is 34.4. The van der Waals surface area contributed by atoms with Crippen LogP contribution >= 0.6 is 15.9 Å². The van der Waals surface area contributed by atoms with Crippen molar-refractivity contribution >= 4 is 56.3 Å². The summed E-state index contributed by atoms with van der Waals surface area (Å²) in [7, 11) is 0. The van der Waals surface area contributed by atoms with Crippen LogP contribution in [-0.4, -0.2) is 71.9 Å². The maximum absolute atomic E-state index is 14.4. The normalized spacial score (nSPS) is 22.7. The SMILES string of the molecule is Cc1ncc(-c2cc3c4c(c2)c(C(N)=O)nn4CC(=O)N2[C@H](C(=O)Nc4nc(Br)ccc4C)C[C@@]4(CNC(=O)CCCCCC3)C[C@@H]24)cn1. The van der Waals surface area contributed by atoms with Crippen LogP contribution < -0.4 is 16.4 Å². The number of primary amides is 1. The number of aryl methyl sites for hydroxylation is 3. The van der Waals surface area contributed by atoms with Crippen LogP contribution in [0.2, 0.25) is 0 Å². The van der Waals surface area contributed by atoms with Gasteiger partial charge >= 0.3 is 0 Å². The molecule has 2 fully saturated rings. The van der Waals surface area contributed by atoms with E-state index < -0.39 is 17.4 Å². The molecule has 1 saturated carbocycles. The fourth-order valence-corrected chi connectivity index (χ4v) is 7.74. The lowest BCUT2D eigenvalue weighted by Crippen LogP contribution is -2.47. The number of halogens is 1. The van der Waals surface area contributed by atoms with Crippen LogP contribution in [0.3, 0.4) is 0 Å². The van der Waals surface area contributed by atoms with Gasteiger partial charge in [0.1, 0.15) is 28.8 Å². The fourth-order valence-electron chi connectivity index (χ4n) is 7.43. The maximum Gasteiger partial charge on any atom is 0.269 e. The molecule has 2 bridgehead atoms. The Hall–Kier alpha value is -4.72. The molecule has 49 heavy (non-hydrogen) atoms. The van der Waals surface area contributed by atoms with Crippen molar-refractivity contribution in [2.45, 2.75) is 83.8 Å². The highest BCUT2D eigenvalue weighted by molar-refractivity contribution is 9.10. The van der Waals surface area contributed by atoms with E-state index in [0.717, 1.165) is 47.9 Å². The summed E-state index contributed by atoms with van der Waals surface area (Å²) in [4.78, 5) is 68.7. The lowest BCUT2D eigenvalue weighted by Gasteiger charge is -2.27. The minimum atomic E-state index is -0.785. The van der Waals surface area contributed by atoms with Gasteiger partial charge in [0, 0.05) is 47.8 Å². The van der Waals surface area contributed by atoms with Crippen molar-refractivity contribution in [2.75, 3.05) is 11.9 Å². The number of nitrogens with two attached hydrogens (primary N) is 1. The smallest absolute Gasteiger partial charge is 0.269 e. The van der Waals surface area contributed by atoms with E-state index in [1.54, 1.807) is 28.0 Å². The molecular weight excluding hydrogens is 690 g/mol. The van der Waals surface area contributed by atoms with Crippen LogP contribution in [0.15, 0.2) is 41.3 Å². The first-order valence-electron chi connectivity index (χ1n) is 16.7. The summed E-state index contributed by atoms with van der Waals surface area (Å²) in [5.41, 5.74) is 9.49. The molecule has 1 aromatic carbocycles. The van der Waals surface area contributed by atoms with Crippen molar-refractivity contribution in [1.29, 1.82) is 0 Å². The van der Waals surface area contributed by atoms with Crippen molar-refractivity contribution < 1.29 is 19.2 Å². The largest absolute Gasteiger partial charge is 0.364 e. The second-order valence-electron chi connectivity index (χ2n) is 13.5. The molecule has 14 heteroatoms. The summed E-state index contributed by atoms with van der Waals surface area (Å²) < 4.78 is 2.15. The minimum Gasteiger partial charge on any atom is -0.364 e. The average molecular weight is 729 g/mol. The number of pyridine rings is 1. The summed E-state index contributed by atoms with van der Waals surface area (Å²) in [5.74, 6) is -0.312. The Labute approximate surface area is 291 Å². The van der Waals surface area contributed by atoms with E-state index >= 15 is 0 Å². The number of anilines is 1. The third-order valence-corrected chi connectivity index (χ3v) is 10.5. The summed E-state index contributed by atoms with van der Waals surface area (Å²) in [6, 6.07) is 6.52. The first-order chi connectivity index (χ1) is 23.5. The van der Waals surface area contributed by atoms with E-state index in [1.807, 2.05) is 32.0 Å². The van der Waals surface area contributed by atoms with E-state index in [2.05, 4.69) is 46.6 Å². The number of amides is 4. The Morgan fingerprint density at radius 3 is 2.53 bits per heavy atom. The van der Waals surface area contributed by atoms with Crippen LogP contribution in [0.1, 0.15) is 72.4 Å². The Morgan fingerprint density at radius 2 is 1.78 bits per heavy atom. The second-order valence-corrected chi connectivity index (χ2v) is 14.3. The molecule has 5 heterocycles. The first-order valence-corrected chi connectivity index (χ1v) is 17.5. The summed E-state index contributed by atoms with van der Waals surface area (Å²) in [6.45, 7) is 3.86. The molecule has 4 N–H and O–H groups in total. The van der Waals surface area contributed by atoms with Gasteiger partial charge in [-0.3, -0.25) is 23.9 Å². The molecule has 1 saturated heterocycles. The molecule has 4 aromatic rings. The second kappa shape index (κ2) is 13.0. The third-order valence-electron chi connectivity index (χ3n) is 10.1. The predicted molar refractivity (Wildman–Crippen MR) is 185 cm³/mol. The van der Waals surface area contributed by atoms with Crippen LogP contribution in [0.4, 0.5) is 5.82 Å². The molecule has 1 aliphatic carbocycles. The van der Waals surface area contributed by atoms with Gasteiger partial charge < -0.3 is 21.3 Å². The summed E-state index contributed by atoms with van der Waals surface area (Å²) >= 11 is 3.37. The Bertz CT molecular complexity index is 2000. The number of rotatable bonds is 4. The zero-order valence-electron chi connectivity index (χ0n) is 27.5. The molecule has 0 spiro atoms. The molecule has 13 nitrogen and oxygen atoms in total. The molecule has 3 aromatic heterocycles. The van der Waals surface area contributed by atoms with Crippen LogP contribution in [-0.2, 0) is 27.3 Å². The van der Waals surface area contributed by atoms with Crippen LogP contribution in [0.25, 0.3) is 22.0 Å². The highest BCUT2D eigenvalue weighted by Gasteiger charge is 2.67. The lowest BCUT2D eigenvalue weighted by molar-refractivity contribution is -0.138. The monoisotopic (exact) mass is 727 g/mol. The quantitative estimate of drug-likeness (QED) is 0.264. The number of aromatic nitrogens is 5. The number of benzene rings is 1. The number of hydrogen-bond donors (Lipinski definition) is 3. The third kappa shape index (κ3) is 6.41. The first kappa shape index (κ1) is 32.8. The van der Waals surface area contributed by atoms with Gasteiger partial charge in [0.15, 0.2) is 5.69 Å². The van der Waals surface area contributed by atoms with Gasteiger partial charge in [-0.2, -0.15) is 5.10 Å². The van der Waals surface area contributed by atoms with Crippen molar-refractivity contribution in [3.8, 4) is 11.1 Å². The van der Waals surface area contributed by atoms with Gasteiger partial charge in [-0.15, -0.1) is 0 Å². The molecule has 7 rings (SSSR count). The molecule has 254 valence electrons. The molecule has 0 unspecified atom stereocenters. The number of carbonyl (C=O) groups excluding carboxylic acids is 4. The molecule has 2 aliphatic heterocycles. The van der Waals surface area contributed by atoms with Gasteiger partial charge in [0.05, 0.1) is 5.52 Å². The Kier molecular flexibility index (Phi) is 8.67. The molecule has 0 radical (unpaired) electrons. The summed E-state index contributed by atoms with van der Waals surface area (Å²) in [6.07, 6.45) is 9.02. The van der Waals surface area contributed by atoms with Crippen molar-refractivity contribution in [3.05, 3.63) is 63.9 Å². The van der Waals surface area contributed by atoms with Crippen LogP contribution in [0, 0.1) is 19.3 Å². The fraction of sp³-hybridized carbons (Fsp3) is 0.429. The van der Waals surface area contributed by atoms with Gasteiger partial charge in [-0.25, -0.2) is 15.0 Å². The number of hydrogen-bond acceptors (Lipinski definition) is 8. The molecular formula is C35H38BrN9O4. The Morgan fingerprint density at radius 1 is 1.02 bits per heavy atom.